The molecule has 0 unspecified atom stereocenters. The van der Waals surface area contributed by atoms with Crippen LogP contribution in [0.1, 0.15) is 0 Å². The molecule has 0 radical (unpaired) electrons. The van der Waals surface area contributed by atoms with Crippen LogP contribution in [0.15, 0.2) is 41.5 Å². The Bertz CT molecular complexity index is 470. The average Bonchev–Trinajstić information content (AvgIpc) is 2.21. The second kappa shape index (κ2) is 3.64. The third-order valence-corrected chi connectivity index (χ3v) is 2.06. The van der Waals surface area contributed by atoms with E-state index in [2.05, 4.69) is 9.97 Å². The molecule has 2 aromatic rings. The van der Waals surface area contributed by atoms with Crippen molar-refractivity contribution in [2.75, 3.05) is 0 Å². The lowest BCUT2D eigenvalue weighted by atomic mass is 10.2. The molecule has 1 aromatic heterocycles. The summed E-state index contributed by atoms with van der Waals surface area (Å²) in [5.74, 6) is 0. The molecule has 0 aliphatic heterocycles. The summed E-state index contributed by atoms with van der Waals surface area (Å²) in [6.07, 6.45) is 2.83. The molecule has 0 saturated heterocycles. The minimum absolute atomic E-state index is 0.206. The van der Waals surface area contributed by atoms with Gasteiger partial charge in [-0.25, -0.2) is 4.98 Å². The van der Waals surface area contributed by atoms with Gasteiger partial charge in [0.05, 0.1) is 11.9 Å². The zero-order chi connectivity index (χ0) is 9.97. The first kappa shape index (κ1) is 8.97. The molecule has 0 amide bonds. The molecular formula is C10H7ClN2O. The first-order valence-corrected chi connectivity index (χ1v) is 4.44. The van der Waals surface area contributed by atoms with Crippen molar-refractivity contribution in [2.24, 2.45) is 0 Å². The monoisotopic (exact) mass is 206 g/mol. The smallest absolute Gasteiger partial charge is 0.266 e. The van der Waals surface area contributed by atoms with Gasteiger partial charge in [0.1, 0.15) is 0 Å². The SMILES string of the molecule is O=c1cnc(-c2ccc(Cl)cc2)c[nH]1. The van der Waals surface area contributed by atoms with Crippen molar-refractivity contribution in [3.63, 3.8) is 0 Å². The molecule has 4 heteroatoms. The fourth-order valence-electron chi connectivity index (χ4n) is 1.12. The van der Waals surface area contributed by atoms with E-state index in [0.29, 0.717) is 5.02 Å². The molecule has 0 atom stereocenters. The third kappa shape index (κ3) is 1.83. The second-order valence-electron chi connectivity index (χ2n) is 2.80. The maximum Gasteiger partial charge on any atom is 0.266 e. The summed E-state index contributed by atoms with van der Waals surface area (Å²) in [5.41, 5.74) is 1.44. The van der Waals surface area contributed by atoms with Gasteiger partial charge in [-0.05, 0) is 12.1 Å². The van der Waals surface area contributed by atoms with Crippen LogP contribution < -0.4 is 5.56 Å². The maximum atomic E-state index is 10.8. The van der Waals surface area contributed by atoms with Crippen molar-refractivity contribution >= 4 is 11.6 Å². The zero-order valence-corrected chi connectivity index (χ0v) is 7.95. The van der Waals surface area contributed by atoms with Crippen LogP contribution in [0.3, 0.4) is 0 Å². The van der Waals surface area contributed by atoms with Gasteiger partial charge in [-0.3, -0.25) is 4.79 Å². The Labute approximate surface area is 85.4 Å². The summed E-state index contributed by atoms with van der Waals surface area (Å²) in [7, 11) is 0. The summed E-state index contributed by atoms with van der Waals surface area (Å²) in [6, 6.07) is 7.26. The second-order valence-corrected chi connectivity index (χ2v) is 3.24. The number of benzene rings is 1. The lowest BCUT2D eigenvalue weighted by molar-refractivity contribution is 1.14. The number of H-pyrrole nitrogens is 1. The van der Waals surface area contributed by atoms with E-state index in [0.717, 1.165) is 11.3 Å². The van der Waals surface area contributed by atoms with Gasteiger partial charge < -0.3 is 4.98 Å². The number of aromatic nitrogens is 2. The molecule has 1 aromatic carbocycles. The van der Waals surface area contributed by atoms with E-state index in [1.165, 1.54) is 6.20 Å². The number of hydrogen-bond acceptors (Lipinski definition) is 2. The van der Waals surface area contributed by atoms with Gasteiger partial charge in [0.15, 0.2) is 0 Å². The molecule has 0 aliphatic carbocycles. The predicted molar refractivity (Wildman–Crippen MR) is 55.3 cm³/mol. The van der Waals surface area contributed by atoms with Crippen molar-refractivity contribution in [1.29, 1.82) is 0 Å². The van der Waals surface area contributed by atoms with Gasteiger partial charge in [0.25, 0.3) is 5.56 Å². The molecule has 2 rings (SSSR count). The number of nitrogens with one attached hydrogen (secondary N) is 1. The molecular weight excluding hydrogens is 200 g/mol. The number of hydrogen-bond donors (Lipinski definition) is 1. The largest absolute Gasteiger partial charge is 0.326 e. The topological polar surface area (TPSA) is 45.8 Å². The van der Waals surface area contributed by atoms with E-state index in [1.54, 1.807) is 18.3 Å². The first-order chi connectivity index (χ1) is 6.75. The van der Waals surface area contributed by atoms with Crippen LogP contribution in [0.5, 0.6) is 0 Å². The van der Waals surface area contributed by atoms with Crippen molar-refractivity contribution in [3.05, 3.63) is 52.0 Å². The Morgan fingerprint density at radius 3 is 2.50 bits per heavy atom. The van der Waals surface area contributed by atoms with Gasteiger partial charge in [-0.15, -0.1) is 0 Å². The third-order valence-electron chi connectivity index (χ3n) is 1.81. The van der Waals surface area contributed by atoms with Gasteiger partial charge in [-0.1, -0.05) is 23.7 Å². The van der Waals surface area contributed by atoms with E-state index >= 15 is 0 Å². The Morgan fingerprint density at radius 2 is 1.93 bits per heavy atom. The molecule has 14 heavy (non-hydrogen) atoms. The highest BCUT2D eigenvalue weighted by molar-refractivity contribution is 6.30. The van der Waals surface area contributed by atoms with Crippen LogP contribution in [0.2, 0.25) is 5.02 Å². The minimum atomic E-state index is -0.206. The number of aromatic amines is 1. The number of nitrogens with zero attached hydrogens (tertiary/aromatic N) is 1. The van der Waals surface area contributed by atoms with Crippen LogP contribution in [0, 0.1) is 0 Å². The van der Waals surface area contributed by atoms with E-state index in [-0.39, 0.29) is 5.56 Å². The highest BCUT2D eigenvalue weighted by Gasteiger charge is 1.97. The molecule has 3 nitrogen and oxygen atoms in total. The van der Waals surface area contributed by atoms with Gasteiger partial charge in [0.2, 0.25) is 0 Å². The molecule has 0 saturated carbocycles. The molecule has 0 aliphatic rings. The summed E-state index contributed by atoms with van der Waals surface area (Å²) < 4.78 is 0. The van der Waals surface area contributed by atoms with Crippen LogP contribution in [-0.4, -0.2) is 9.97 Å². The predicted octanol–water partition coefficient (Wildman–Crippen LogP) is 2.09. The molecule has 0 bridgehead atoms. The van der Waals surface area contributed by atoms with Gasteiger partial charge in [-0.2, -0.15) is 0 Å². The first-order valence-electron chi connectivity index (χ1n) is 4.06. The Kier molecular flexibility index (Phi) is 2.33. The van der Waals surface area contributed by atoms with Gasteiger partial charge >= 0.3 is 0 Å². The molecule has 1 heterocycles. The highest BCUT2D eigenvalue weighted by Crippen LogP contribution is 2.17. The molecule has 0 spiro atoms. The number of halogens is 1. The summed E-state index contributed by atoms with van der Waals surface area (Å²) in [4.78, 5) is 17.3. The fourth-order valence-corrected chi connectivity index (χ4v) is 1.25. The maximum absolute atomic E-state index is 10.8. The summed E-state index contributed by atoms with van der Waals surface area (Å²) >= 11 is 5.75. The Hall–Kier alpha value is -1.61. The summed E-state index contributed by atoms with van der Waals surface area (Å²) in [5, 5.41) is 0.679. The average molecular weight is 207 g/mol. The number of rotatable bonds is 1. The Morgan fingerprint density at radius 1 is 1.21 bits per heavy atom. The van der Waals surface area contributed by atoms with Gasteiger partial charge in [0, 0.05) is 16.8 Å². The lowest BCUT2D eigenvalue weighted by Gasteiger charge is -1.98. The molecule has 1 N–H and O–H groups in total. The van der Waals surface area contributed by atoms with Crippen molar-refractivity contribution < 1.29 is 0 Å². The van der Waals surface area contributed by atoms with Crippen molar-refractivity contribution in [1.82, 2.24) is 9.97 Å². The van der Waals surface area contributed by atoms with Crippen LogP contribution in [0.4, 0.5) is 0 Å². The van der Waals surface area contributed by atoms with Crippen LogP contribution in [0.25, 0.3) is 11.3 Å². The standard InChI is InChI=1S/C10H7ClN2O/c11-8-3-1-7(2-4-8)9-5-13-10(14)6-12-9/h1-6H,(H,13,14). The highest BCUT2D eigenvalue weighted by atomic mass is 35.5. The lowest BCUT2D eigenvalue weighted by Crippen LogP contribution is -2.04. The van der Waals surface area contributed by atoms with Crippen LogP contribution in [-0.2, 0) is 0 Å². The van der Waals surface area contributed by atoms with Crippen LogP contribution >= 0.6 is 11.6 Å². The summed E-state index contributed by atoms with van der Waals surface area (Å²) in [6.45, 7) is 0. The zero-order valence-electron chi connectivity index (χ0n) is 7.20. The van der Waals surface area contributed by atoms with E-state index < -0.39 is 0 Å². The minimum Gasteiger partial charge on any atom is -0.326 e. The fraction of sp³-hybridized carbons (Fsp3) is 0. The van der Waals surface area contributed by atoms with E-state index in [9.17, 15) is 4.79 Å². The quantitative estimate of drug-likeness (QED) is 0.777. The molecule has 0 fully saturated rings. The Balaban J connectivity index is 2.44. The van der Waals surface area contributed by atoms with Crippen molar-refractivity contribution in [2.45, 2.75) is 0 Å². The van der Waals surface area contributed by atoms with E-state index in [4.69, 9.17) is 11.6 Å². The van der Waals surface area contributed by atoms with Crippen molar-refractivity contribution in [3.8, 4) is 11.3 Å². The van der Waals surface area contributed by atoms with E-state index in [1.807, 2.05) is 12.1 Å². The normalized spacial score (nSPS) is 10.1. The molecule has 70 valence electrons.